The fourth-order valence-electron chi connectivity index (χ4n) is 1.86. The maximum Gasteiger partial charge on any atom is 0.270 e. The zero-order valence-corrected chi connectivity index (χ0v) is 10.6. The van der Waals surface area contributed by atoms with Crippen LogP contribution in [0, 0.1) is 0 Å². The van der Waals surface area contributed by atoms with Gasteiger partial charge >= 0.3 is 0 Å². The van der Waals surface area contributed by atoms with Crippen molar-refractivity contribution in [3.05, 3.63) is 22.4 Å². The molecule has 3 nitrogen and oxygen atoms in total. The van der Waals surface area contributed by atoms with Crippen molar-refractivity contribution in [1.29, 1.82) is 0 Å². The Hall–Kier alpha value is -0.770. The third kappa shape index (κ3) is 1.95. The summed E-state index contributed by atoms with van der Waals surface area (Å²) in [5.41, 5.74) is 0.747. The number of carbonyl (C=O) groups is 1. The SMILES string of the molecule is CN(C(=O)c1cc(Br)cn1C)C1CCC1. The Bertz CT molecular complexity index is 382. The van der Waals surface area contributed by atoms with Crippen molar-refractivity contribution in [3.8, 4) is 0 Å². The van der Waals surface area contributed by atoms with Crippen molar-refractivity contribution in [2.45, 2.75) is 25.3 Å². The van der Waals surface area contributed by atoms with Gasteiger partial charge in [-0.05, 0) is 41.3 Å². The van der Waals surface area contributed by atoms with Gasteiger partial charge in [0.05, 0.1) is 0 Å². The monoisotopic (exact) mass is 270 g/mol. The van der Waals surface area contributed by atoms with Crippen LogP contribution in [0.3, 0.4) is 0 Å². The van der Waals surface area contributed by atoms with Gasteiger partial charge in [-0.15, -0.1) is 0 Å². The minimum absolute atomic E-state index is 0.118. The van der Waals surface area contributed by atoms with Gasteiger partial charge in [0.1, 0.15) is 5.69 Å². The minimum Gasteiger partial charge on any atom is -0.345 e. The first-order chi connectivity index (χ1) is 7.09. The van der Waals surface area contributed by atoms with Gasteiger partial charge in [0.15, 0.2) is 0 Å². The number of amides is 1. The Morgan fingerprint density at radius 1 is 1.60 bits per heavy atom. The van der Waals surface area contributed by atoms with Gasteiger partial charge in [-0.2, -0.15) is 0 Å². The van der Waals surface area contributed by atoms with Crippen molar-refractivity contribution in [1.82, 2.24) is 9.47 Å². The Labute approximate surface area is 98.2 Å². The highest BCUT2D eigenvalue weighted by atomic mass is 79.9. The second-order valence-electron chi connectivity index (χ2n) is 4.16. The van der Waals surface area contributed by atoms with E-state index >= 15 is 0 Å². The molecule has 1 heterocycles. The molecule has 0 spiro atoms. The van der Waals surface area contributed by atoms with Crippen LogP contribution in [-0.4, -0.2) is 28.5 Å². The molecule has 15 heavy (non-hydrogen) atoms. The molecule has 1 aromatic rings. The highest BCUT2D eigenvalue weighted by Gasteiger charge is 2.27. The van der Waals surface area contributed by atoms with E-state index in [2.05, 4.69) is 15.9 Å². The summed E-state index contributed by atoms with van der Waals surface area (Å²) < 4.78 is 2.82. The van der Waals surface area contributed by atoms with Gasteiger partial charge in [0, 0.05) is 30.8 Å². The average molecular weight is 271 g/mol. The van der Waals surface area contributed by atoms with Crippen LogP contribution in [0.2, 0.25) is 0 Å². The zero-order chi connectivity index (χ0) is 11.0. The number of rotatable bonds is 2. The molecule has 0 unspecified atom stereocenters. The van der Waals surface area contributed by atoms with Crippen molar-refractivity contribution >= 4 is 21.8 Å². The predicted molar refractivity (Wildman–Crippen MR) is 62.8 cm³/mol. The number of aromatic nitrogens is 1. The first-order valence-corrected chi connectivity index (χ1v) is 5.98. The van der Waals surface area contributed by atoms with Gasteiger partial charge in [0.2, 0.25) is 0 Å². The standard InChI is InChI=1S/C11H15BrN2O/c1-13-7-8(12)6-10(13)11(15)14(2)9-4-3-5-9/h6-7,9H,3-5H2,1-2H3. The highest BCUT2D eigenvalue weighted by molar-refractivity contribution is 9.10. The van der Waals surface area contributed by atoms with Gasteiger partial charge in [0.25, 0.3) is 5.91 Å². The van der Waals surface area contributed by atoms with E-state index in [0.717, 1.165) is 23.0 Å². The molecule has 0 saturated heterocycles. The molecule has 0 N–H and O–H groups in total. The lowest BCUT2D eigenvalue weighted by molar-refractivity contribution is 0.0642. The van der Waals surface area contributed by atoms with E-state index in [9.17, 15) is 4.79 Å². The van der Waals surface area contributed by atoms with Crippen LogP contribution in [0.5, 0.6) is 0 Å². The molecular weight excluding hydrogens is 256 g/mol. The van der Waals surface area contributed by atoms with Gasteiger partial charge in [-0.25, -0.2) is 0 Å². The molecule has 1 aromatic heterocycles. The molecule has 1 amide bonds. The summed E-state index contributed by atoms with van der Waals surface area (Å²) >= 11 is 3.38. The number of carbonyl (C=O) groups excluding carboxylic acids is 1. The molecule has 2 rings (SSSR count). The van der Waals surface area contributed by atoms with Crippen LogP contribution >= 0.6 is 15.9 Å². The molecule has 0 bridgehead atoms. The molecule has 0 aliphatic heterocycles. The van der Waals surface area contributed by atoms with E-state index in [0.29, 0.717) is 6.04 Å². The van der Waals surface area contributed by atoms with E-state index in [1.807, 2.05) is 35.8 Å². The van der Waals surface area contributed by atoms with E-state index in [-0.39, 0.29) is 5.91 Å². The largest absolute Gasteiger partial charge is 0.345 e. The molecular formula is C11H15BrN2O. The second kappa shape index (κ2) is 4.00. The maximum absolute atomic E-state index is 12.1. The smallest absolute Gasteiger partial charge is 0.270 e. The Morgan fingerprint density at radius 3 is 2.67 bits per heavy atom. The first-order valence-electron chi connectivity index (χ1n) is 5.18. The fraction of sp³-hybridized carbons (Fsp3) is 0.545. The molecule has 4 heteroatoms. The molecule has 0 aromatic carbocycles. The third-order valence-electron chi connectivity index (χ3n) is 3.13. The zero-order valence-electron chi connectivity index (χ0n) is 9.03. The number of hydrogen-bond acceptors (Lipinski definition) is 1. The van der Waals surface area contributed by atoms with Crippen LogP contribution in [0.15, 0.2) is 16.7 Å². The lowest BCUT2D eigenvalue weighted by atomic mass is 9.92. The average Bonchev–Trinajstić information content (AvgIpc) is 2.41. The fourth-order valence-corrected chi connectivity index (χ4v) is 2.38. The normalized spacial score (nSPS) is 16.2. The summed E-state index contributed by atoms with van der Waals surface area (Å²) in [6, 6.07) is 2.32. The van der Waals surface area contributed by atoms with E-state index < -0.39 is 0 Å². The van der Waals surface area contributed by atoms with Crippen molar-refractivity contribution in [2.24, 2.45) is 7.05 Å². The third-order valence-corrected chi connectivity index (χ3v) is 3.57. The molecule has 82 valence electrons. The summed E-state index contributed by atoms with van der Waals surface area (Å²) in [6.07, 6.45) is 5.45. The van der Waals surface area contributed by atoms with Crippen molar-refractivity contribution in [2.75, 3.05) is 7.05 Å². The molecule has 1 aliphatic carbocycles. The summed E-state index contributed by atoms with van der Waals surface area (Å²) in [5, 5.41) is 0. The van der Waals surface area contributed by atoms with Gasteiger partial charge in [-0.1, -0.05) is 0 Å². The number of halogens is 1. The van der Waals surface area contributed by atoms with E-state index in [1.165, 1.54) is 6.42 Å². The van der Waals surface area contributed by atoms with Gasteiger partial charge in [-0.3, -0.25) is 4.79 Å². The van der Waals surface area contributed by atoms with Crippen molar-refractivity contribution < 1.29 is 4.79 Å². The molecule has 0 radical (unpaired) electrons. The lowest BCUT2D eigenvalue weighted by Gasteiger charge is -2.34. The quantitative estimate of drug-likeness (QED) is 0.811. The topological polar surface area (TPSA) is 25.2 Å². The number of hydrogen-bond donors (Lipinski definition) is 0. The Morgan fingerprint density at radius 2 is 2.27 bits per heavy atom. The van der Waals surface area contributed by atoms with E-state index in [4.69, 9.17) is 0 Å². The van der Waals surface area contributed by atoms with Gasteiger partial charge < -0.3 is 9.47 Å². The molecule has 0 atom stereocenters. The maximum atomic E-state index is 12.1. The van der Waals surface area contributed by atoms with Crippen LogP contribution < -0.4 is 0 Å². The Balaban J connectivity index is 2.15. The highest BCUT2D eigenvalue weighted by Crippen LogP contribution is 2.25. The molecule has 1 fully saturated rings. The lowest BCUT2D eigenvalue weighted by Crippen LogP contribution is -2.41. The van der Waals surface area contributed by atoms with Crippen LogP contribution in [0.25, 0.3) is 0 Å². The summed E-state index contributed by atoms with van der Waals surface area (Å²) in [7, 11) is 3.79. The number of aryl methyl sites for hydroxylation is 1. The van der Waals surface area contributed by atoms with Crippen molar-refractivity contribution in [3.63, 3.8) is 0 Å². The molecule has 1 saturated carbocycles. The van der Waals surface area contributed by atoms with E-state index in [1.54, 1.807) is 0 Å². The summed E-state index contributed by atoms with van der Waals surface area (Å²) in [5.74, 6) is 0.118. The first kappa shape index (κ1) is 10.7. The summed E-state index contributed by atoms with van der Waals surface area (Å²) in [4.78, 5) is 14.0. The van der Waals surface area contributed by atoms with Crippen LogP contribution in [0.1, 0.15) is 29.8 Å². The second-order valence-corrected chi connectivity index (χ2v) is 5.07. The Kier molecular flexibility index (Phi) is 2.87. The van der Waals surface area contributed by atoms with Crippen LogP contribution in [-0.2, 0) is 7.05 Å². The predicted octanol–water partition coefficient (Wildman–Crippen LogP) is 2.41. The summed E-state index contributed by atoms with van der Waals surface area (Å²) in [6.45, 7) is 0. The molecule has 1 aliphatic rings. The number of nitrogens with zero attached hydrogens (tertiary/aromatic N) is 2. The minimum atomic E-state index is 0.118. The van der Waals surface area contributed by atoms with Crippen LogP contribution in [0.4, 0.5) is 0 Å².